The number of nitrogens with one attached hydrogen (secondary N) is 1. The minimum atomic E-state index is -3.71. The van der Waals surface area contributed by atoms with E-state index < -0.39 is 16.0 Å². The van der Waals surface area contributed by atoms with Crippen molar-refractivity contribution >= 4 is 16.0 Å². The number of aryl methyl sites for hydroxylation is 2. The minimum absolute atomic E-state index is 0.00623. The van der Waals surface area contributed by atoms with Gasteiger partial charge in [0.25, 0.3) is 0 Å². The third-order valence-corrected chi connectivity index (χ3v) is 4.38. The molecule has 0 spiro atoms. The second kappa shape index (κ2) is 5.54. The first-order valence-corrected chi connectivity index (χ1v) is 7.76. The molecule has 2 N–H and O–H groups in total. The monoisotopic (exact) mass is 299 g/mol. The van der Waals surface area contributed by atoms with E-state index in [1.807, 2.05) is 20.8 Å². The van der Waals surface area contributed by atoms with Crippen LogP contribution < -0.4 is 4.72 Å². The van der Waals surface area contributed by atoms with Crippen molar-refractivity contribution in [1.29, 1.82) is 0 Å². The van der Waals surface area contributed by atoms with Crippen molar-refractivity contribution in [3.05, 3.63) is 28.8 Å². The molecule has 0 amide bonds. The molecule has 0 unspecified atom stereocenters. The summed E-state index contributed by atoms with van der Waals surface area (Å²) in [4.78, 5) is 11.1. The van der Waals surface area contributed by atoms with Gasteiger partial charge in [-0.2, -0.15) is 0 Å². The molecule has 0 fully saturated rings. The second-order valence-corrected chi connectivity index (χ2v) is 7.86. The number of rotatable bonds is 4. The highest BCUT2D eigenvalue weighted by Gasteiger charge is 2.22. The van der Waals surface area contributed by atoms with Crippen molar-refractivity contribution in [2.75, 3.05) is 6.54 Å². The van der Waals surface area contributed by atoms with Gasteiger partial charge in [0.15, 0.2) is 0 Å². The molecule has 0 heterocycles. The lowest BCUT2D eigenvalue weighted by Crippen LogP contribution is -2.32. The summed E-state index contributed by atoms with van der Waals surface area (Å²) in [6.07, 6.45) is 0. The zero-order chi connectivity index (χ0) is 15.7. The number of hydrogen-bond donors (Lipinski definition) is 2. The van der Waals surface area contributed by atoms with Crippen LogP contribution in [0.3, 0.4) is 0 Å². The lowest BCUT2D eigenvalue weighted by Gasteiger charge is -2.19. The molecule has 1 rings (SSSR count). The quantitative estimate of drug-likeness (QED) is 0.893. The van der Waals surface area contributed by atoms with Crippen molar-refractivity contribution in [1.82, 2.24) is 4.72 Å². The third-order valence-electron chi connectivity index (χ3n) is 2.83. The Morgan fingerprint density at radius 3 is 2.20 bits per heavy atom. The molecule has 0 saturated carbocycles. The number of carboxylic acids is 1. The van der Waals surface area contributed by atoms with Gasteiger partial charge in [-0.3, -0.25) is 0 Å². The van der Waals surface area contributed by atoms with E-state index >= 15 is 0 Å². The largest absolute Gasteiger partial charge is 0.478 e. The molecule has 6 heteroatoms. The highest BCUT2D eigenvalue weighted by molar-refractivity contribution is 7.89. The molecule has 5 nitrogen and oxygen atoms in total. The highest BCUT2D eigenvalue weighted by Crippen LogP contribution is 2.21. The number of hydrogen-bond acceptors (Lipinski definition) is 3. The van der Waals surface area contributed by atoms with Crippen molar-refractivity contribution < 1.29 is 18.3 Å². The van der Waals surface area contributed by atoms with Gasteiger partial charge >= 0.3 is 5.97 Å². The fraction of sp³-hybridized carbons (Fsp3) is 0.500. The second-order valence-electron chi connectivity index (χ2n) is 6.12. The van der Waals surface area contributed by atoms with Crippen molar-refractivity contribution in [2.24, 2.45) is 5.41 Å². The maximum Gasteiger partial charge on any atom is 0.335 e. The Labute approximate surface area is 120 Å². The van der Waals surface area contributed by atoms with E-state index in [4.69, 9.17) is 5.11 Å². The lowest BCUT2D eigenvalue weighted by atomic mass is 9.98. The number of carboxylic acid groups (broad SMARTS) is 1. The zero-order valence-electron chi connectivity index (χ0n) is 12.4. The molecule has 112 valence electrons. The first-order valence-electron chi connectivity index (χ1n) is 6.28. The predicted octanol–water partition coefficient (Wildman–Crippen LogP) is 2.33. The van der Waals surface area contributed by atoms with Gasteiger partial charge in [0, 0.05) is 6.54 Å². The number of aromatic carboxylic acids is 1. The lowest BCUT2D eigenvalue weighted by molar-refractivity contribution is 0.0696. The van der Waals surface area contributed by atoms with Crippen LogP contribution in [0.15, 0.2) is 17.0 Å². The van der Waals surface area contributed by atoms with E-state index in [1.54, 1.807) is 19.9 Å². The van der Waals surface area contributed by atoms with Gasteiger partial charge in [0.2, 0.25) is 10.0 Å². The van der Waals surface area contributed by atoms with Crippen LogP contribution in [0.1, 0.15) is 42.3 Å². The van der Waals surface area contributed by atoms with Crippen LogP contribution in [0.2, 0.25) is 0 Å². The molecular formula is C14H21NO4S. The Balaban J connectivity index is 3.25. The Kier molecular flexibility index (Phi) is 4.61. The SMILES string of the molecule is Cc1cc(C)c(S(=O)(=O)NCC(C)(C)C)cc1C(=O)O. The number of carbonyl (C=O) groups is 1. The van der Waals surface area contributed by atoms with Gasteiger partial charge < -0.3 is 5.11 Å². The molecule has 1 aromatic carbocycles. The Morgan fingerprint density at radius 1 is 1.20 bits per heavy atom. The van der Waals surface area contributed by atoms with Crippen LogP contribution in [-0.2, 0) is 10.0 Å². The molecule has 20 heavy (non-hydrogen) atoms. The van der Waals surface area contributed by atoms with E-state index in [9.17, 15) is 13.2 Å². The summed E-state index contributed by atoms with van der Waals surface area (Å²) in [7, 11) is -3.71. The average molecular weight is 299 g/mol. The topological polar surface area (TPSA) is 83.5 Å². The van der Waals surface area contributed by atoms with Crippen molar-refractivity contribution in [3.8, 4) is 0 Å². The van der Waals surface area contributed by atoms with E-state index in [2.05, 4.69) is 4.72 Å². The fourth-order valence-corrected chi connectivity index (χ4v) is 3.28. The molecule has 0 aliphatic carbocycles. The summed E-state index contributed by atoms with van der Waals surface area (Å²) >= 11 is 0. The predicted molar refractivity (Wildman–Crippen MR) is 77.5 cm³/mol. The van der Waals surface area contributed by atoms with Gasteiger partial charge in [-0.25, -0.2) is 17.9 Å². The molecule has 0 aliphatic heterocycles. The van der Waals surface area contributed by atoms with E-state index in [0.29, 0.717) is 11.1 Å². The summed E-state index contributed by atoms with van der Waals surface area (Å²) in [6, 6.07) is 2.80. The summed E-state index contributed by atoms with van der Waals surface area (Å²) in [5.74, 6) is -1.13. The Hall–Kier alpha value is -1.40. The minimum Gasteiger partial charge on any atom is -0.478 e. The molecule has 0 aromatic heterocycles. The number of sulfonamides is 1. The standard InChI is InChI=1S/C14H21NO4S/c1-9-6-10(2)12(7-11(9)13(16)17)20(18,19)15-8-14(3,4)5/h6-7,15H,8H2,1-5H3,(H,16,17). The summed E-state index contributed by atoms with van der Waals surface area (Å²) in [5, 5.41) is 9.09. The number of benzene rings is 1. The molecular weight excluding hydrogens is 278 g/mol. The third kappa shape index (κ3) is 4.05. The molecule has 0 bridgehead atoms. The smallest absolute Gasteiger partial charge is 0.335 e. The van der Waals surface area contributed by atoms with E-state index in [1.165, 1.54) is 6.07 Å². The molecule has 0 atom stereocenters. The van der Waals surface area contributed by atoms with Crippen LogP contribution in [0, 0.1) is 19.3 Å². The van der Waals surface area contributed by atoms with Gasteiger partial charge in [-0.1, -0.05) is 26.8 Å². The first kappa shape index (κ1) is 16.7. The molecule has 0 saturated heterocycles. The molecule has 0 aliphatic rings. The van der Waals surface area contributed by atoms with Crippen molar-refractivity contribution in [2.45, 2.75) is 39.5 Å². The van der Waals surface area contributed by atoms with E-state index in [0.717, 1.165) is 0 Å². The zero-order valence-corrected chi connectivity index (χ0v) is 13.3. The van der Waals surface area contributed by atoms with Crippen LogP contribution >= 0.6 is 0 Å². The summed E-state index contributed by atoms with van der Waals surface area (Å²) in [5.41, 5.74) is 0.895. The van der Waals surface area contributed by atoms with Crippen LogP contribution in [0.25, 0.3) is 0 Å². The summed E-state index contributed by atoms with van der Waals surface area (Å²) in [6.45, 7) is 9.34. The maximum absolute atomic E-state index is 12.3. The summed E-state index contributed by atoms with van der Waals surface area (Å²) < 4.78 is 27.1. The van der Waals surface area contributed by atoms with Gasteiger partial charge in [-0.05, 0) is 36.5 Å². The van der Waals surface area contributed by atoms with Crippen molar-refractivity contribution in [3.63, 3.8) is 0 Å². The van der Waals surface area contributed by atoms with Crippen LogP contribution in [-0.4, -0.2) is 26.0 Å². The van der Waals surface area contributed by atoms with Gasteiger partial charge in [-0.15, -0.1) is 0 Å². The van der Waals surface area contributed by atoms with E-state index in [-0.39, 0.29) is 22.4 Å². The first-order chi connectivity index (χ1) is 8.94. The average Bonchev–Trinajstić information content (AvgIpc) is 2.24. The van der Waals surface area contributed by atoms with Crippen LogP contribution in [0.5, 0.6) is 0 Å². The fourth-order valence-electron chi connectivity index (χ4n) is 1.74. The molecule has 1 aromatic rings. The highest BCUT2D eigenvalue weighted by atomic mass is 32.2. The Bertz CT molecular complexity index is 627. The Morgan fingerprint density at radius 2 is 1.75 bits per heavy atom. The van der Waals surface area contributed by atoms with Gasteiger partial charge in [0.1, 0.15) is 0 Å². The van der Waals surface area contributed by atoms with Gasteiger partial charge in [0.05, 0.1) is 10.5 Å². The maximum atomic E-state index is 12.3. The van der Waals surface area contributed by atoms with Crippen LogP contribution in [0.4, 0.5) is 0 Å². The molecule has 0 radical (unpaired) electrons. The normalized spacial score (nSPS) is 12.4.